The fourth-order valence-electron chi connectivity index (χ4n) is 2.90. The van der Waals surface area contributed by atoms with E-state index < -0.39 is 0 Å². The van der Waals surface area contributed by atoms with Crippen LogP contribution in [0.1, 0.15) is 29.8 Å². The molecule has 0 spiro atoms. The van der Waals surface area contributed by atoms with Gasteiger partial charge in [0.25, 0.3) is 11.8 Å². The lowest BCUT2D eigenvalue weighted by Crippen LogP contribution is -2.48. The quantitative estimate of drug-likeness (QED) is 0.836. The van der Waals surface area contributed by atoms with Crippen molar-refractivity contribution in [2.75, 3.05) is 20.2 Å². The molecule has 3 heterocycles. The minimum absolute atomic E-state index is 0.0815. The zero-order valence-electron chi connectivity index (χ0n) is 10.4. The van der Waals surface area contributed by atoms with E-state index in [4.69, 9.17) is 9.26 Å². The fraction of sp³-hybridized carbons (Fsp3) is 0.667. The highest BCUT2D eigenvalue weighted by Crippen LogP contribution is 2.27. The summed E-state index contributed by atoms with van der Waals surface area (Å²) in [6.07, 6.45) is 3.20. The highest BCUT2D eigenvalue weighted by atomic mass is 16.5. The number of nitrogens with zero attached hydrogens (tertiary/aromatic N) is 2. The van der Waals surface area contributed by atoms with Crippen LogP contribution in [0.5, 0.6) is 5.88 Å². The van der Waals surface area contributed by atoms with E-state index in [-0.39, 0.29) is 11.7 Å². The van der Waals surface area contributed by atoms with Gasteiger partial charge in [-0.1, -0.05) is 0 Å². The van der Waals surface area contributed by atoms with Gasteiger partial charge in [-0.25, -0.2) is 0 Å². The van der Waals surface area contributed by atoms with Crippen LogP contribution in [0, 0.1) is 0 Å². The van der Waals surface area contributed by atoms with E-state index in [9.17, 15) is 4.79 Å². The molecule has 1 aromatic rings. The van der Waals surface area contributed by atoms with Gasteiger partial charge in [-0.2, -0.15) is 0 Å². The van der Waals surface area contributed by atoms with E-state index in [1.54, 1.807) is 6.07 Å². The number of fused-ring (bicyclic) bond motifs is 1. The first-order valence-electron chi connectivity index (χ1n) is 6.34. The maximum Gasteiger partial charge on any atom is 0.292 e. The van der Waals surface area contributed by atoms with Crippen LogP contribution in [-0.4, -0.2) is 48.2 Å². The number of hydrogen-bond acceptors (Lipinski definition) is 5. The van der Waals surface area contributed by atoms with E-state index >= 15 is 0 Å². The number of rotatable bonds is 2. The molecule has 2 unspecified atom stereocenters. The molecule has 2 aliphatic rings. The van der Waals surface area contributed by atoms with Crippen LogP contribution in [0.25, 0.3) is 0 Å². The Hall–Kier alpha value is -1.56. The Morgan fingerprint density at radius 1 is 1.61 bits per heavy atom. The summed E-state index contributed by atoms with van der Waals surface area (Å²) in [7, 11) is 1.50. The van der Waals surface area contributed by atoms with E-state index in [1.807, 2.05) is 4.90 Å². The maximum absolute atomic E-state index is 12.3. The topological polar surface area (TPSA) is 67.6 Å². The summed E-state index contributed by atoms with van der Waals surface area (Å²) in [5.41, 5.74) is 0. The van der Waals surface area contributed by atoms with Gasteiger partial charge < -0.3 is 19.5 Å². The zero-order chi connectivity index (χ0) is 12.5. The number of ether oxygens (including phenoxy) is 1. The van der Waals surface area contributed by atoms with E-state index in [0.29, 0.717) is 18.0 Å². The van der Waals surface area contributed by atoms with Crippen LogP contribution < -0.4 is 10.1 Å². The fourth-order valence-corrected chi connectivity index (χ4v) is 2.90. The Bertz CT molecular complexity index is 446. The minimum atomic E-state index is -0.0815. The first-order valence-corrected chi connectivity index (χ1v) is 6.34. The Kier molecular flexibility index (Phi) is 2.95. The number of aromatic nitrogens is 1. The van der Waals surface area contributed by atoms with Gasteiger partial charge in [-0.3, -0.25) is 4.79 Å². The molecule has 98 valence electrons. The standard InChI is InChI=1S/C12H17N3O3/c1-17-11-7-10(18-14-11)12(16)15-6-4-8-9(15)3-2-5-13-8/h7-9,13H,2-6H2,1H3. The lowest BCUT2D eigenvalue weighted by atomic mass is 9.99. The maximum atomic E-state index is 12.3. The third-order valence-corrected chi connectivity index (χ3v) is 3.80. The van der Waals surface area contributed by atoms with Crippen LogP contribution in [0.15, 0.2) is 10.6 Å². The molecule has 0 radical (unpaired) electrons. The number of methoxy groups -OCH3 is 1. The number of likely N-dealkylation sites (tertiary alicyclic amines) is 1. The van der Waals surface area contributed by atoms with Crippen molar-refractivity contribution < 1.29 is 14.1 Å². The van der Waals surface area contributed by atoms with Crippen molar-refractivity contribution >= 4 is 5.91 Å². The van der Waals surface area contributed by atoms with Crippen LogP contribution >= 0.6 is 0 Å². The smallest absolute Gasteiger partial charge is 0.292 e. The molecule has 1 N–H and O–H groups in total. The Labute approximate surface area is 105 Å². The number of amides is 1. The van der Waals surface area contributed by atoms with Crippen LogP contribution in [-0.2, 0) is 0 Å². The third-order valence-electron chi connectivity index (χ3n) is 3.80. The Morgan fingerprint density at radius 2 is 2.50 bits per heavy atom. The minimum Gasteiger partial charge on any atom is -0.479 e. The van der Waals surface area contributed by atoms with Gasteiger partial charge in [-0.05, 0) is 31.0 Å². The highest BCUT2D eigenvalue weighted by Gasteiger charge is 2.39. The van der Waals surface area contributed by atoms with Gasteiger partial charge in [0, 0.05) is 18.6 Å². The molecule has 2 atom stereocenters. The Balaban J connectivity index is 1.76. The van der Waals surface area contributed by atoms with Gasteiger partial charge in [-0.15, -0.1) is 0 Å². The molecule has 2 saturated heterocycles. The number of nitrogens with one attached hydrogen (secondary N) is 1. The molecule has 1 amide bonds. The first-order chi connectivity index (χ1) is 8.79. The summed E-state index contributed by atoms with van der Waals surface area (Å²) in [4.78, 5) is 14.2. The molecule has 1 aromatic heterocycles. The van der Waals surface area contributed by atoms with Crippen molar-refractivity contribution in [1.82, 2.24) is 15.4 Å². The summed E-state index contributed by atoms with van der Waals surface area (Å²) in [5, 5.41) is 7.14. The number of carbonyl (C=O) groups excluding carboxylic acids is 1. The largest absolute Gasteiger partial charge is 0.479 e. The van der Waals surface area contributed by atoms with Crippen molar-refractivity contribution in [2.24, 2.45) is 0 Å². The highest BCUT2D eigenvalue weighted by molar-refractivity contribution is 5.92. The van der Waals surface area contributed by atoms with Crippen molar-refractivity contribution in [1.29, 1.82) is 0 Å². The predicted octanol–water partition coefficient (Wildman–Crippen LogP) is 0.650. The molecule has 0 aliphatic carbocycles. The van der Waals surface area contributed by atoms with Gasteiger partial charge in [0.2, 0.25) is 5.76 Å². The number of piperidine rings is 1. The molecule has 2 fully saturated rings. The SMILES string of the molecule is COc1cc(C(=O)N2CCC3NCCCC32)on1. The molecule has 6 heteroatoms. The Morgan fingerprint density at radius 3 is 3.28 bits per heavy atom. The first kappa shape index (κ1) is 11.5. The van der Waals surface area contributed by atoms with Crippen LogP contribution in [0.4, 0.5) is 0 Å². The number of hydrogen-bond donors (Lipinski definition) is 1. The summed E-state index contributed by atoms with van der Waals surface area (Å²) in [5.74, 6) is 0.524. The third kappa shape index (κ3) is 1.86. The van der Waals surface area contributed by atoms with Crippen molar-refractivity contribution in [3.63, 3.8) is 0 Å². The summed E-state index contributed by atoms with van der Waals surface area (Å²) in [6.45, 7) is 1.84. The van der Waals surface area contributed by atoms with Gasteiger partial charge in [0.05, 0.1) is 13.2 Å². The number of carbonyl (C=O) groups is 1. The summed E-state index contributed by atoms with van der Waals surface area (Å²) >= 11 is 0. The molecule has 0 aromatic carbocycles. The molecule has 0 bridgehead atoms. The van der Waals surface area contributed by atoms with E-state index in [2.05, 4.69) is 10.5 Å². The molecular weight excluding hydrogens is 234 g/mol. The molecule has 0 saturated carbocycles. The molecule has 3 rings (SSSR count). The van der Waals surface area contributed by atoms with E-state index in [0.717, 1.165) is 32.4 Å². The molecule has 2 aliphatic heterocycles. The zero-order valence-corrected chi connectivity index (χ0v) is 10.4. The van der Waals surface area contributed by atoms with Crippen molar-refractivity contribution in [2.45, 2.75) is 31.3 Å². The average Bonchev–Trinajstić information content (AvgIpc) is 3.04. The second kappa shape index (κ2) is 4.61. The predicted molar refractivity (Wildman–Crippen MR) is 63.5 cm³/mol. The van der Waals surface area contributed by atoms with Crippen molar-refractivity contribution in [3.8, 4) is 5.88 Å². The van der Waals surface area contributed by atoms with Gasteiger partial charge in [0.15, 0.2) is 0 Å². The monoisotopic (exact) mass is 251 g/mol. The van der Waals surface area contributed by atoms with E-state index in [1.165, 1.54) is 7.11 Å². The second-order valence-corrected chi connectivity index (χ2v) is 4.79. The summed E-state index contributed by atoms with van der Waals surface area (Å²) < 4.78 is 9.95. The van der Waals surface area contributed by atoms with Gasteiger partial charge in [0.1, 0.15) is 0 Å². The second-order valence-electron chi connectivity index (χ2n) is 4.79. The molecular formula is C12H17N3O3. The molecule has 18 heavy (non-hydrogen) atoms. The van der Waals surface area contributed by atoms with Crippen molar-refractivity contribution in [3.05, 3.63) is 11.8 Å². The summed E-state index contributed by atoms with van der Waals surface area (Å²) in [6, 6.07) is 2.28. The normalized spacial score (nSPS) is 27.1. The average molecular weight is 251 g/mol. The van der Waals surface area contributed by atoms with Gasteiger partial charge >= 0.3 is 0 Å². The van der Waals surface area contributed by atoms with Crippen LogP contribution in [0.2, 0.25) is 0 Å². The molecule has 6 nitrogen and oxygen atoms in total. The lowest BCUT2D eigenvalue weighted by molar-refractivity contribution is 0.0663. The van der Waals surface area contributed by atoms with Crippen LogP contribution in [0.3, 0.4) is 0 Å². The lowest BCUT2D eigenvalue weighted by Gasteiger charge is -2.31.